The lowest BCUT2D eigenvalue weighted by Gasteiger charge is -2.41. The van der Waals surface area contributed by atoms with Crippen LogP contribution in [0.4, 0.5) is 0 Å². The van der Waals surface area contributed by atoms with Crippen molar-refractivity contribution in [3.63, 3.8) is 0 Å². The third kappa shape index (κ3) is 6.36. The third-order valence-electron chi connectivity index (χ3n) is 4.83. The standard InChI is InChI=1S/C19H36N2O2SSi/c1-10-15(21-24(22)18(2,3)4)17(16-13-11-12-14-20-16)23-25(8,9)19(5,6)7/h11-15,17,21H,10H2,1-9H3/t15-,17?,24+/m0/s1. The predicted octanol–water partition coefficient (Wildman–Crippen LogP) is 4.97. The summed E-state index contributed by atoms with van der Waals surface area (Å²) in [6.07, 6.45) is 2.40. The Hall–Kier alpha value is -0.403. The van der Waals surface area contributed by atoms with E-state index in [9.17, 15) is 4.55 Å². The molecule has 0 amide bonds. The maximum atomic E-state index is 12.7. The van der Waals surface area contributed by atoms with E-state index in [0.29, 0.717) is 0 Å². The van der Waals surface area contributed by atoms with Gasteiger partial charge in [0.25, 0.3) is 0 Å². The molecule has 1 N–H and O–H groups in total. The Labute approximate surface area is 158 Å². The molecule has 0 fully saturated rings. The molecular weight excluding hydrogens is 348 g/mol. The fraction of sp³-hybridized carbons (Fsp3) is 0.737. The molecule has 25 heavy (non-hydrogen) atoms. The zero-order chi connectivity index (χ0) is 19.5. The Morgan fingerprint density at radius 3 is 2.20 bits per heavy atom. The summed E-state index contributed by atoms with van der Waals surface area (Å²) in [6.45, 7) is 19.2. The summed E-state index contributed by atoms with van der Waals surface area (Å²) in [5.74, 6) is 0. The van der Waals surface area contributed by atoms with Crippen LogP contribution in [0.5, 0.6) is 0 Å². The van der Waals surface area contributed by atoms with Crippen LogP contribution in [0.15, 0.2) is 24.4 Å². The van der Waals surface area contributed by atoms with Crippen molar-refractivity contribution in [1.82, 2.24) is 9.71 Å². The maximum absolute atomic E-state index is 12.7. The number of hydrogen-bond donors (Lipinski definition) is 1. The minimum absolute atomic E-state index is 0.0518. The average molecular weight is 385 g/mol. The monoisotopic (exact) mass is 384 g/mol. The van der Waals surface area contributed by atoms with Crippen LogP contribution < -0.4 is 4.72 Å². The van der Waals surface area contributed by atoms with E-state index < -0.39 is 19.7 Å². The second kappa shape index (κ2) is 8.52. The van der Waals surface area contributed by atoms with Gasteiger partial charge in [0.1, 0.15) is 10.9 Å². The van der Waals surface area contributed by atoms with Crippen molar-refractivity contribution in [3.05, 3.63) is 30.1 Å². The normalized spacial score (nSPS) is 17.2. The first kappa shape index (κ1) is 22.6. The molecule has 144 valence electrons. The summed E-state index contributed by atoms with van der Waals surface area (Å²) in [5.41, 5.74) is 0.901. The van der Waals surface area contributed by atoms with Gasteiger partial charge in [-0.25, -0.2) is 0 Å². The van der Waals surface area contributed by atoms with Crippen LogP contribution in [-0.2, 0) is 15.8 Å². The minimum atomic E-state index is -2.01. The lowest BCUT2D eigenvalue weighted by molar-refractivity contribution is 0.140. The quantitative estimate of drug-likeness (QED) is 0.532. The maximum Gasteiger partial charge on any atom is 0.193 e. The van der Waals surface area contributed by atoms with Crippen molar-refractivity contribution in [1.29, 1.82) is 0 Å². The molecule has 0 aliphatic rings. The summed E-state index contributed by atoms with van der Waals surface area (Å²) in [7, 11) is -2.01. The second-order valence-electron chi connectivity index (χ2n) is 9.07. The van der Waals surface area contributed by atoms with E-state index in [-0.39, 0.29) is 21.9 Å². The first-order valence-electron chi connectivity index (χ1n) is 9.06. The summed E-state index contributed by atoms with van der Waals surface area (Å²) in [5, 5.41) is 0.0987. The topological polar surface area (TPSA) is 57.2 Å². The number of aromatic nitrogens is 1. The molecule has 1 rings (SSSR count). The molecule has 0 aromatic carbocycles. The smallest absolute Gasteiger partial charge is 0.193 e. The molecule has 1 unspecified atom stereocenters. The fourth-order valence-electron chi connectivity index (χ4n) is 2.06. The van der Waals surface area contributed by atoms with Gasteiger partial charge in [-0.2, -0.15) is 0 Å². The highest BCUT2D eigenvalue weighted by Crippen LogP contribution is 2.40. The molecule has 0 aliphatic carbocycles. The van der Waals surface area contributed by atoms with Crippen LogP contribution in [0.3, 0.4) is 0 Å². The molecular formula is C19H36N2O2SSi. The summed E-state index contributed by atoms with van der Waals surface area (Å²) >= 11 is -1.15. The van der Waals surface area contributed by atoms with Gasteiger partial charge in [-0.1, -0.05) is 33.8 Å². The lowest BCUT2D eigenvalue weighted by atomic mass is 10.1. The molecule has 6 heteroatoms. The second-order valence-corrected chi connectivity index (χ2v) is 15.8. The number of pyridine rings is 1. The molecule has 0 radical (unpaired) electrons. The molecule has 0 saturated carbocycles. The number of hydrogen-bond acceptors (Lipinski definition) is 4. The fourth-order valence-corrected chi connectivity index (χ4v) is 4.25. The van der Waals surface area contributed by atoms with Crippen molar-refractivity contribution < 1.29 is 8.98 Å². The Balaban J connectivity index is 3.17. The molecule has 0 saturated heterocycles. The van der Waals surface area contributed by atoms with Gasteiger partial charge >= 0.3 is 0 Å². The average Bonchev–Trinajstić information content (AvgIpc) is 2.49. The third-order valence-corrected chi connectivity index (χ3v) is 10.9. The van der Waals surface area contributed by atoms with Gasteiger partial charge in [0, 0.05) is 17.6 Å². The SMILES string of the molecule is CC[C@H](N[S@+]([O-])C(C)(C)C)C(O[Si](C)(C)C(C)(C)C)c1ccccn1. The number of rotatable bonds is 7. The van der Waals surface area contributed by atoms with Crippen molar-refractivity contribution in [2.24, 2.45) is 0 Å². The molecule has 3 atom stereocenters. The largest absolute Gasteiger partial charge is 0.598 e. The Bertz CT molecular complexity index is 526. The molecule has 1 aromatic rings. The molecule has 0 bridgehead atoms. The van der Waals surface area contributed by atoms with Gasteiger partial charge in [-0.3, -0.25) is 4.98 Å². The van der Waals surface area contributed by atoms with E-state index in [1.807, 2.05) is 39.0 Å². The van der Waals surface area contributed by atoms with Crippen LogP contribution in [0.2, 0.25) is 18.1 Å². The highest BCUT2D eigenvalue weighted by atomic mass is 32.2. The lowest BCUT2D eigenvalue weighted by Crippen LogP contribution is -2.50. The van der Waals surface area contributed by atoms with Gasteiger partial charge in [-0.15, -0.1) is 4.72 Å². The van der Waals surface area contributed by atoms with Crippen LogP contribution in [0.25, 0.3) is 0 Å². The van der Waals surface area contributed by atoms with E-state index in [0.717, 1.165) is 12.1 Å². The van der Waals surface area contributed by atoms with Gasteiger partial charge in [0.05, 0.1) is 11.7 Å². The molecule has 0 spiro atoms. The van der Waals surface area contributed by atoms with E-state index >= 15 is 0 Å². The highest BCUT2D eigenvalue weighted by Gasteiger charge is 2.42. The molecule has 0 aliphatic heterocycles. The number of nitrogens with one attached hydrogen (secondary N) is 1. The van der Waals surface area contributed by atoms with Crippen LogP contribution in [0, 0.1) is 0 Å². The molecule has 1 heterocycles. The molecule has 1 aromatic heterocycles. The predicted molar refractivity (Wildman–Crippen MR) is 110 cm³/mol. The first-order valence-corrected chi connectivity index (χ1v) is 13.1. The Morgan fingerprint density at radius 2 is 1.80 bits per heavy atom. The van der Waals surface area contributed by atoms with Crippen molar-refractivity contribution in [2.75, 3.05) is 0 Å². The first-order chi connectivity index (χ1) is 11.3. The van der Waals surface area contributed by atoms with Crippen LogP contribution in [-0.4, -0.2) is 28.6 Å². The van der Waals surface area contributed by atoms with Crippen LogP contribution >= 0.6 is 0 Å². The Morgan fingerprint density at radius 1 is 1.20 bits per heavy atom. The van der Waals surface area contributed by atoms with Crippen molar-refractivity contribution in [2.45, 2.75) is 89.9 Å². The summed E-state index contributed by atoms with van der Waals surface area (Å²) in [6, 6.07) is 5.85. The van der Waals surface area contributed by atoms with E-state index in [1.165, 1.54) is 0 Å². The zero-order valence-electron chi connectivity index (χ0n) is 17.3. The number of nitrogens with zero attached hydrogens (tertiary/aromatic N) is 1. The van der Waals surface area contributed by atoms with Gasteiger partial charge < -0.3 is 8.98 Å². The van der Waals surface area contributed by atoms with Gasteiger partial charge in [-0.05, 0) is 57.5 Å². The van der Waals surface area contributed by atoms with E-state index in [4.69, 9.17) is 4.43 Å². The van der Waals surface area contributed by atoms with E-state index in [2.05, 4.69) is 50.5 Å². The van der Waals surface area contributed by atoms with Crippen molar-refractivity contribution in [3.8, 4) is 0 Å². The summed E-state index contributed by atoms with van der Waals surface area (Å²) in [4.78, 5) is 4.54. The van der Waals surface area contributed by atoms with Gasteiger partial charge in [0.15, 0.2) is 8.32 Å². The minimum Gasteiger partial charge on any atom is -0.598 e. The van der Waals surface area contributed by atoms with Gasteiger partial charge in [0.2, 0.25) is 0 Å². The van der Waals surface area contributed by atoms with Crippen LogP contribution in [0.1, 0.15) is 66.7 Å². The zero-order valence-corrected chi connectivity index (χ0v) is 19.2. The van der Waals surface area contributed by atoms with Crippen molar-refractivity contribution >= 4 is 19.7 Å². The highest BCUT2D eigenvalue weighted by molar-refractivity contribution is 7.90. The van der Waals surface area contributed by atoms with E-state index in [1.54, 1.807) is 6.20 Å². The Kier molecular flexibility index (Phi) is 7.72. The summed E-state index contributed by atoms with van der Waals surface area (Å²) < 4.78 is 22.4. The molecule has 4 nitrogen and oxygen atoms in total.